The lowest BCUT2D eigenvalue weighted by atomic mass is 9.97. The molecule has 1 aromatic rings. The van der Waals surface area contributed by atoms with E-state index in [4.69, 9.17) is 20.3 Å². The Balaban J connectivity index is 2.36. The van der Waals surface area contributed by atoms with Crippen molar-refractivity contribution < 1.29 is 19.4 Å². The minimum absolute atomic E-state index is 0.255. The van der Waals surface area contributed by atoms with Crippen LogP contribution in [0.2, 0.25) is 0 Å². The van der Waals surface area contributed by atoms with Crippen LogP contribution in [0, 0.1) is 0 Å². The van der Waals surface area contributed by atoms with Gasteiger partial charge in [-0.1, -0.05) is 6.07 Å². The minimum atomic E-state index is -1.01. The molecule has 2 rings (SSSR count). The number of hydrogen-bond donors (Lipinski definition) is 2. The normalized spacial score (nSPS) is 15.4. The van der Waals surface area contributed by atoms with E-state index in [1.54, 1.807) is 7.11 Å². The predicted molar refractivity (Wildman–Crippen MR) is 60.8 cm³/mol. The van der Waals surface area contributed by atoms with E-state index in [0.717, 1.165) is 16.7 Å². The molecule has 1 unspecified atom stereocenters. The highest BCUT2D eigenvalue weighted by Gasteiger charge is 2.22. The molecule has 0 spiro atoms. The maximum Gasteiger partial charge on any atom is 0.320 e. The molecule has 1 aliphatic heterocycles. The number of methoxy groups -OCH3 is 1. The van der Waals surface area contributed by atoms with Gasteiger partial charge in [0.1, 0.15) is 11.8 Å². The van der Waals surface area contributed by atoms with Crippen LogP contribution in [-0.2, 0) is 29.2 Å². The van der Waals surface area contributed by atoms with Crippen molar-refractivity contribution in [2.24, 2.45) is 5.73 Å². The van der Waals surface area contributed by atoms with Crippen LogP contribution in [0.5, 0.6) is 5.75 Å². The fourth-order valence-corrected chi connectivity index (χ4v) is 2.02. The van der Waals surface area contributed by atoms with Gasteiger partial charge in [0.05, 0.1) is 20.3 Å². The molecule has 0 radical (unpaired) electrons. The maximum atomic E-state index is 10.8. The summed E-state index contributed by atoms with van der Waals surface area (Å²) < 4.78 is 10.6. The Morgan fingerprint density at radius 1 is 1.59 bits per heavy atom. The van der Waals surface area contributed by atoms with Crippen molar-refractivity contribution in [1.29, 1.82) is 0 Å². The zero-order valence-electron chi connectivity index (χ0n) is 9.60. The molecule has 1 aliphatic rings. The second-order valence-electron chi connectivity index (χ2n) is 4.03. The fourth-order valence-electron chi connectivity index (χ4n) is 2.02. The van der Waals surface area contributed by atoms with Crippen LogP contribution in [0.25, 0.3) is 0 Å². The van der Waals surface area contributed by atoms with Crippen molar-refractivity contribution in [2.45, 2.75) is 25.7 Å². The number of nitrogens with two attached hydrogens (primary N) is 1. The Morgan fingerprint density at radius 3 is 3.00 bits per heavy atom. The first-order valence-corrected chi connectivity index (χ1v) is 5.37. The highest BCUT2D eigenvalue weighted by atomic mass is 16.5. The lowest BCUT2D eigenvalue weighted by Crippen LogP contribution is -2.32. The van der Waals surface area contributed by atoms with E-state index in [-0.39, 0.29) is 6.42 Å². The summed E-state index contributed by atoms with van der Waals surface area (Å²) >= 11 is 0. The van der Waals surface area contributed by atoms with E-state index in [1.807, 2.05) is 12.1 Å². The molecule has 1 heterocycles. The fraction of sp³-hybridized carbons (Fsp3) is 0.417. The molecule has 0 fully saturated rings. The van der Waals surface area contributed by atoms with Crippen molar-refractivity contribution in [1.82, 2.24) is 0 Å². The first kappa shape index (κ1) is 11.9. The average Bonchev–Trinajstić information content (AvgIpc) is 2.77. The molecule has 3 N–H and O–H groups in total. The molecule has 0 bridgehead atoms. The van der Waals surface area contributed by atoms with E-state index in [9.17, 15) is 4.79 Å². The van der Waals surface area contributed by atoms with Gasteiger partial charge in [0, 0.05) is 12.0 Å². The molecule has 92 valence electrons. The molecular formula is C12H15NO4. The van der Waals surface area contributed by atoms with Crippen molar-refractivity contribution in [2.75, 3.05) is 7.11 Å². The zero-order chi connectivity index (χ0) is 12.4. The van der Waals surface area contributed by atoms with Crippen molar-refractivity contribution in [3.05, 3.63) is 28.8 Å². The summed E-state index contributed by atoms with van der Waals surface area (Å²) in [6.07, 6.45) is 0.255. The number of rotatable bonds is 4. The largest absolute Gasteiger partial charge is 0.496 e. The molecule has 5 heteroatoms. The van der Waals surface area contributed by atoms with Crippen LogP contribution in [0.15, 0.2) is 12.1 Å². The van der Waals surface area contributed by atoms with Crippen molar-refractivity contribution in [3.8, 4) is 5.75 Å². The van der Waals surface area contributed by atoms with Crippen LogP contribution >= 0.6 is 0 Å². The number of fused-ring (bicyclic) bond motifs is 1. The number of benzene rings is 1. The van der Waals surface area contributed by atoms with E-state index in [1.165, 1.54) is 0 Å². The summed E-state index contributed by atoms with van der Waals surface area (Å²) in [5.74, 6) is -0.338. The lowest BCUT2D eigenvalue weighted by molar-refractivity contribution is -0.138. The third-order valence-electron chi connectivity index (χ3n) is 2.95. The number of carboxylic acids is 1. The molecule has 17 heavy (non-hydrogen) atoms. The molecule has 0 saturated carbocycles. The molecular weight excluding hydrogens is 222 g/mol. The highest BCUT2D eigenvalue weighted by molar-refractivity contribution is 5.74. The standard InChI is InChI=1S/C12H15NO4/c1-16-11-3-2-7-5-17-6-9(7)8(11)4-10(13)12(14)15/h2-3,10H,4-6,13H2,1H3,(H,14,15). The monoisotopic (exact) mass is 237 g/mol. The number of carbonyl (C=O) groups is 1. The topological polar surface area (TPSA) is 81.8 Å². The van der Waals surface area contributed by atoms with Crippen molar-refractivity contribution >= 4 is 5.97 Å². The summed E-state index contributed by atoms with van der Waals surface area (Å²) in [5, 5.41) is 8.86. The summed E-state index contributed by atoms with van der Waals surface area (Å²) in [6.45, 7) is 1.06. The van der Waals surface area contributed by atoms with Gasteiger partial charge in [0.15, 0.2) is 0 Å². The summed E-state index contributed by atoms with van der Waals surface area (Å²) in [7, 11) is 1.56. The van der Waals surface area contributed by atoms with Gasteiger partial charge >= 0.3 is 5.97 Å². The number of aliphatic carboxylic acids is 1. The zero-order valence-corrected chi connectivity index (χ0v) is 9.60. The molecule has 1 aromatic carbocycles. The van der Waals surface area contributed by atoms with Crippen LogP contribution in [-0.4, -0.2) is 24.2 Å². The smallest absolute Gasteiger partial charge is 0.320 e. The van der Waals surface area contributed by atoms with Gasteiger partial charge in [-0.15, -0.1) is 0 Å². The lowest BCUT2D eigenvalue weighted by Gasteiger charge is -2.14. The van der Waals surface area contributed by atoms with Crippen LogP contribution in [0.3, 0.4) is 0 Å². The molecule has 0 aliphatic carbocycles. The molecule has 1 atom stereocenters. The number of carboxylic acid groups (broad SMARTS) is 1. The summed E-state index contributed by atoms with van der Waals surface area (Å²) in [4.78, 5) is 10.8. The van der Waals surface area contributed by atoms with Crippen LogP contribution in [0.4, 0.5) is 0 Å². The maximum absolute atomic E-state index is 10.8. The number of ether oxygens (including phenoxy) is 2. The van der Waals surface area contributed by atoms with Gasteiger partial charge < -0.3 is 20.3 Å². The van der Waals surface area contributed by atoms with Gasteiger partial charge in [-0.2, -0.15) is 0 Å². The minimum Gasteiger partial charge on any atom is -0.496 e. The predicted octanol–water partition coefficient (Wildman–Crippen LogP) is 0.680. The van der Waals surface area contributed by atoms with E-state index in [2.05, 4.69) is 0 Å². The van der Waals surface area contributed by atoms with Gasteiger partial charge in [0.2, 0.25) is 0 Å². The third-order valence-corrected chi connectivity index (χ3v) is 2.95. The molecule has 0 amide bonds. The summed E-state index contributed by atoms with van der Waals surface area (Å²) in [5.41, 5.74) is 8.51. The van der Waals surface area contributed by atoms with Crippen molar-refractivity contribution in [3.63, 3.8) is 0 Å². The third kappa shape index (κ3) is 2.25. The quantitative estimate of drug-likeness (QED) is 0.804. The highest BCUT2D eigenvalue weighted by Crippen LogP contribution is 2.31. The summed E-state index contributed by atoms with van der Waals surface area (Å²) in [6, 6.07) is 2.85. The Labute approximate surface area is 99.1 Å². The van der Waals surface area contributed by atoms with Gasteiger partial charge in [-0.25, -0.2) is 0 Å². The van der Waals surface area contributed by atoms with Gasteiger partial charge in [-0.05, 0) is 17.2 Å². The second kappa shape index (κ2) is 4.73. The van der Waals surface area contributed by atoms with E-state index < -0.39 is 12.0 Å². The molecule has 5 nitrogen and oxygen atoms in total. The van der Waals surface area contributed by atoms with E-state index in [0.29, 0.717) is 19.0 Å². The Bertz CT molecular complexity index is 444. The SMILES string of the molecule is COc1ccc2c(c1CC(N)C(=O)O)COC2. The van der Waals surface area contributed by atoms with Crippen LogP contribution in [0.1, 0.15) is 16.7 Å². The Morgan fingerprint density at radius 2 is 2.35 bits per heavy atom. The van der Waals surface area contributed by atoms with E-state index >= 15 is 0 Å². The second-order valence-corrected chi connectivity index (χ2v) is 4.03. The number of hydrogen-bond acceptors (Lipinski definition) is 4. The molecule has 0 saturated heterocycles. The van der Waals surface area contributed by atoms with Gasteiger partial charge in [0.25, 0.3) is 0 Å². The van der Waals surface area contributed by atoms with Gasteiger partial charge in [-0.3, -0.25) is 4.79 Å². The van der Waals surface area contributed by atoms with Crippen LogP contribution < -0.4 is 10.5 Å². The first-order valence-electron chi connectivity index (χ1n) is 5.37. The average molecular weight is 237 g/mol. The molecule has 0 aromatic heterocycles. The Kier molecular flexibility index (Phi) is 3.31. The first-order chi connectivity index (χ1) is 8.13. The Hall–Kier alpha value is -1.59.